The van der Waals surface area contributed by atoms with Gasteiger partial charge in [-0.05, 0) is 50.5 Å². The van der Waals surface area contributed by atoms with Gasteiger partial charge in [0, 0.05) is 23.8 Å². The van der Waals surface area contributed by atoms with Crippen LogP contribution in [0.3, 0.4) is 0 Å². The van der Waals surface area contributed by atoms with Gasteiger partial charge in [-0.25, -0.2) is 9.97 Å². The summed E-state index contributed by atoms with van der Waals surface area (Å²) in [5.74, 6) is 0.296. The number of aryl methyl sites for hydroxylation is 1. The third-order valence-corrected chi connectivity index (χ3v) is 4.44. The van der Waals surface area contributed by atoms with Crippen molar-refractivity contribution in [2.45, 2.75) is 26.2 Å². The third kappa shape index (κ3) is 3.97. The number of hydrogen-bond donors (Lipinski definition) is 1. The lowest BCUT2D eigenvalue weighted by molar-refractivity contribution is 0.0718. The van der Waals surface area contributed by atoms with E-state index in [0.717, 1.165) is 31.6 Å². The van der Waals surface area contributed by atoms with Gasteiger partial charge in [-0.15, -0.1) is 0 Å². The second-order valence-corrected chi connectivity index (χ2v) is 6.66. The van der Waals surface area contributed by atoms with E-state index < -0.39 is 0 Å². The molecule has 126 valence electrons. The average molecular weight is 365 g/mol. The lowest BCUT2D eigenvalue weighted by Crippen LogP contribution is -2.36. The van der Waals surface area contributed by atoms with Crippen LogP contribution < -0.4 is 5.32 Å². The maximum Gasteiger partial charge on any atom is 0.272 e. The van der Waals surface area contributed by atoms with E-state index in [1.807, 2.05) is 11.8 Å². The molecule has 24 heavy (non-hydrogen) atoms. The predicted octanol–water partition coefficient (Wildman–Crippen LogP) is 4.46. The Morgan fingerprint density at radius 1 is 1.12 bits per heavy atom. The number of nitrogens with one attached hydrogen (secondary N) is 1. The highest BCUT2D eigenvalue weighted by Gasteiger charge is 2.20. The molecule has 1 aliphatic rings. The summed E-state index contributed by atoms with van der Waals surface area (Å²) in [5, 5.41) is 4.08. The Morgan fingerprint density at radius 2 is 1.88 bits per heavy atom. The van der Waals surface area contributed by atoms with E-state index in [4.69, 9.17) is 23.2 Å². The first-order valence-electron chi connectivity index (χ1n) is 7.90. The van der Waals surface area contributed by atoms with Crippen LogP contribution in [0.1, 0.15) is 35.4 Å². The van der Waals surface area contributed by atoms with Crippen LogP contribution in [0, 0.1) is 6.92 Å². The number of benzene rings is 1. The van der Waals surface area contributed by atoms with Crippen LogP contribution in [0.25, 0.3) is 0 Å². The minimum atomic E-state index is -0.0505. The zero-order chi connectivity index (χ0) is 17.1. The van der Waals surface area contributed by atoms with E-state index in [9.17, 15) is 4.79 Å². The average Bonchev–Trinajstić information content (AvgIpc) is 2.57. The number of nitrogens with zero attached hydrogens (tertiary/aromatic N) is 3. The Morgan fingerprint density at radius 3 is 2.58 bits per heavy atom. The third-order valence-electron chi connectivity index (χ3n) is 3.89. The fourth-order valence-corrected chi connectivity index (χ4v) is 3.16. The predicted molar refractivity (Wildman–Crippen MR) is 96.3 cm³/mol. The van der Waals surface area contributed by atoms with Crippen LogP contribution in [0.4, 0.5) is 11.6 Å². The van der Waals surface area contributed by atoms with E-state index >= 15 is 0 Å². The van der Waals surface area contributed by atoms with Crippen LogP contribution in [0.15, 0.2) is 24.3 Å². The molecule has 2 heterocycles. The molecule has 0 unspecified atom stereocenters. The normalized spacial score (nSPS) is 14.5. The van der Waals surface area contributed by atoms with Gasteiger partial charge in [0.2, 0.25) is 5.95 Å². The molecule has 0 spiro atoms. The molecule has 1 aromatic carbocycles. The minimum absolute atomic E-state index is 0.0505. The Bertz CT molecular complexity index is 760. The zero-order valence-electron chi connectivity index (χ0n) is 13.4. The number of hydrogen-bond acceptors (Lipinski definition) is 4. The van der Waals surface area contributed by atoms with E-state index in [0.29, 0.717) is 27.4 Å². The highest BCUT2D eigenvalue weighted by molar-refractivity contribution is 6.36. The standard InChI is InChI=1S/C17H18Cl2N4O/c1-11-9-15(16(24)23-7-3-2-4-8-23)22-17(20-11)21-14-6-5-12(18)10-13(14)19/h5-6,9-10H,2-4,7-8H2,1H3,(H,20,21,22). The van der Waals surface area contributed by atoms with Crippen molar-refractivity contribution in [3.8, 4) is 0 Å². The van der Waals surface area contributed by atoms with Crippen LogP contribution in [-0.4, -0.2) is 33.9 Å². The zero-order valence-corrected chi connectivity index (χ0v) is 14.9. The number of rotatable bonds is 3. The van der Waals surface area contributed by atoms with Gasteiger partial charge in [-0.2, -0.15) is 0 Å². The summed E-state index contributed by atoms with van der Waals surface area (Å²) >= 11 is 12.1. The molecule has 1 N–H and O–H groups in total. The monoisotopic (exact) mass is 364 g/mol. The van der Waals surface area contributed by atoms with Crippen molar-refractivity contribution in [1.82, 2.24) is 14.9 Å². The Labute approximate surface area is 151 Å². The van der Waals surface area contributed by atoms with E-state index in [-0.39, 0.29) is 5.91 Å². The molecule has 3 rings (SSSR count). The number of piperidine rings is 1. The summed E-state index contributed by atoms with van der Waals surface area (Å²) in [6, 6.07) is 6.83. The van der Waals surface area contributed by atoms with Crippen molar-refractivity contribution in [1.29, 1.82) is 0 Å². The number of carbonyl (C=O) groups excluding carboxylic acids is 1. The number of aromatic nitrogens is 2. The second kappa shape index (κ2) is 7.36. The van der Waals surface area contributed by atoms with Gasteiger partial charge in [0.05, 0.1) is 10.7 Å². The molecule has 0 radical (unpaired) electrons. The largest absolute Gasteiger partial charge is 0.337 e. The molecule has 1 aliphatic heterocycles. The quantitative estimate of drug-likeness (QED) is 0.873. The van der Waals surface area contributed by atoms with Crippen LogP contribution in [0.5, 0.6) is 0 Å². The van der Waals surface area contributed by atoms with Crippen LogP contribution in [0.2, 0.25) is 10.0 Å². The van der Waals surface area contributed by atoms with E-state index in [1.54, 1.807) is 24.3 Å². The van der Waals surface area contributed by atoms with Gasteiger partial charge >= 0.3 is 0 Å². The first-order chi connectivity index (χ1) is 11.5. The second-order valence-electron chi connectivity index (χ2n) is 5.82. The van der Waals surface area contributed by atoms with Gasteiger partial charge in [-0.1, -0.05) is 23.2 Å². The molecule has 7 heteroatoms. The highest BCUT2D eigenvalue weighted by Crippen LogP contribution is 2.27. The topological polar surface area (TPSA) is 58.1 Å². The Kier molecular flexibility index (Phi) is 5.21. The van der Waals surface area contributed by atoms with E-state index in [1.165, 1.54) is 6.42 Å². The van der Waals surface area contributed by atoms with Crippen molar-refractivity contribution < 1.29 is 4.79 Å². The van der Waals surface area contributed by atoms with Gasteiger partial charge in [0.15, 0.2) is 0 Å². The summed E-state index contributed by atoms with van der Waals surface area (Å²) < 4.78 is 0. The van der Waals surface area contributed by atoms with E-state index in [2.05, 4.69) is 15.3 Å². The SMILES string of the molecule is Cc1cc(C(=O)N2CCCCC2)nc(Nc2ccc(Cl)cc2Cl)n1. The molecule has 0 bridgehead atoms. The smallest absolute Gasteiger partial charge is 0.272 e. The highest BCUT2D eigenvalue weighted by atomic mass is 35.5. The van der Waals surface area contributed by atoms with Crippen molar-refractivity contribution in [3.63, 3.8) is 0 Å². The number of amides is 1. The molecule has 0 atom stereocenters. The Hall–Kier alpha value is -1.85. The molecule has 2 aromatic rings. The summed E-state index contributed by atoms with van der Waals surface area (Å²) in [6.45, 7) is 3.41. The molecule has 5 nitrogen and oxygen atoms in total. The van der Waals surface area contributed by atoms with Crippen LogP contribution >= 0.6 is 23.2 Å². The lowest BCUT2D eigenvalue weighted by atomic mass is 10.1. The molecule has 1 amide bonds. The molecule has 0 saturated carbocycles. The lowest BCUT2D eigenvalue weighted by Gasteiger charge is -2.26. The molecule has 1 fully saturated rings. The number of likely N-dealkylation sites (tertiary alicyclic amines) is 1. The van der Waals surface area contributed by atoms with Crippen molar-refractivity contribution in [2.24, 2.45) is 0 Å². The van der Waals surface area contributed by atoms with Gasteiger partial charge in [0.1, 0.15) is 5.69 Å². The summed E-state index contributed by atoms with van der Waals surface area (Å²) in [6.07, 6.45) is 3.26. The fraction of sp³-hybridized carbons (Fsp3) is 0.353. The molecule has 1 saturated heterocycles. The molecular weight excluding hydrogens is 347 g/mol. The first kappa shape index (κ1) is 17.0. The number of halogens is 2. The summed E-state index contributed by atoms with van der Waals surface area (Å²) in [4.78, 5) is 23.2. The summed E-state index contributed by atoms with van der Waals surface area (Å²) in [5.41, 5.74) is 1.76. The maximum absolute atomic E-state index is 12.6. The van der Waals surface area contributed by atoms with Gasteiger partial charge < -0.3 is 10.2 Å². The fourth-order valence-electron chi connectivity index (χ4n) is 2.70. The number of anilines is 2. The minimum Gasteiger partial charge on any atom is -0.337 e. The van der Waals surface area contributed by atoms with Crippen molar-refractivity contribution >= 4 is 40.7 Å². The van der Waals surface area contributed by atoms with Crippen LogP contribution in [-0.2, 0) is 0 Å². The molecular formula is C17H18Cl2N4O. The van der Waals surface area contributed by atoms with Gasteiger partial charge in [0.25, 0.3) is 5.91 Å². The van der Waals surface area contributed by atoms with Crippen molar-refractivity contribution in [3.05, 3.63) is 45.7 Å². The molecule has 0 aliphatic carbocycles. The summed E-state index contributed by atoms with van der Waals surface area (Å²) in [7, 11) is 0. The molecule has 1 aromatic heterocycles. The first-order valence-corrected chi connectivity index (χ1v) is 8.65. The van der Waals surface area contributed by atoms with Crippen molar-refractivity contribution in [2.75, 3.05) is 18.4 Å². The number of carbonyl (C=O) groups is 1. The van der Waals surface area contributed by atoms with Gasteiger partial charge in [-0.3, -0.25) is 4.79 Å². The maximum atomic E-state index is 12.6. The Balaban J connectivity index is 1.84.